The van der Waals surface area contributed by atoms with E-state index in [0.29, 0.717) is 0 Å². The highest BCUT2D eigenvalue weighted by atomic mass is 28.4. The van der Waals surface area contributed by atoms with Gasteiger partial charge in [0.15, 0.2) is 8.96 Å². The van der Waals surface area contributed by atoms with Crippen LogP contribution >= 0.6 is 0 Å². The van der Waals surface area contributed by atoms with Crippen LogP contribution in [0.25, 0.3) is 0 Å². The predicted octanol–water partition coefficient (Wildman–Crippen LogP) is 3.58. The lowest BCUT2D eigenvalue weighted by Crippen LogP contribution is -2.52. The molecule has 0 atom stereocenters. The van der Waals surface area contributed by atoms with Crippen LogP contribution in [0.3, 0.4) is 0 Å². The first kappa shape index (κ1) is 11.5. The van der Waals surface area contributed by atoms with E-state index in [9.17, 15) is 0 Å². The van der Waals surface area contributed by atoms with Crippen LogP contribution in [0.4, 0.5) is 5.69 Å². The summed E-state index contributed by atoms with van der Waals surface area (Å²) in [6.07, 6.45) is 0. The molecule has 0 aromatic heterocycles. The standard InChI is InChI=1S/C11H20NSi2/c1-13(2)12(14(3,4)5)11-9-7-6-8-10-11/h6-10H,1-5H3. The molecule has 0 spiro atoms. The molecular weight excluding hydrogens is 202 g/mol. The van der Waals surface area contributed by atoms with Crippen molar-refractivity contribution in [2.24, 2.45) is 0 Å². The minimum Gasteiger partial charge on any atom is -0.425 e. The summed E-state index contributed by atoms with van der Waals surface area (Å²) in [5.74, 6) is 0. The molecule has 1 radical (unpaired) electrons. The molecular formula is C11H20NSi2. The highest BCUT2D eigenvalue weighted by molar-refractivity contribution is 6.92. The first-order chi connectivity index (χ1) is 6.43. The van der Waals surface area contributed by atoms with E-state index in [2.05, 4.69) is 67.3 Å². The van der Waals surface area contributed by atoms with Crippen molar-refractivity contribution in [3.8, 4) is 0 Å². The number of anilines is 1. The summed E-state index contributed by atoms with van der Waals surface area (Å²) >= 11 is 0. The van der Waals surface area contributed by atoms with Crippen molar-refractivity contribution >= 4 is 22.9 Å². The minimum atomic E-state index is -1.21. The lowest BCUT2D eigenvalue weighted by molar-refractivity contribution is 1.40. The van der Waals surface area contributed by atoms with E-state index in [1.165, 1.54) is 5.69 Å². The van der Waals surface area contributed by atoms with Crippen molar-refractivity contribution in [1.82, 2.24) is 0 Å². The van der Waals surface area contributed by atoms with Crippen molar-refractivity contribution in [1.29, 1.82) is 0 Å². The SMILES string of the molecule is C[Si](C)N(c1ccccc1)[Si](C)(C)C. The number of hydrogen-bond donors (Lipinski definition) is 0. The van der Waals surface area contributed by atoms with Crippen molar-refractivity contribution < 1.29 is 0 Å². The highest BCUT2D eigenvalue weighted by Crippen LogP contribution is 2.22. The molecule has 0 saturated heterocycles. The Bertz CT molecular complexity index is 277. The molecule has 1 rings (SSSR count). The Kier molecular flexibility index (Phi) is 3.55. The van der Waals surface area contributed by atoms with E-state index in [4.69, 9.17) is 0 Å². The fraction of sp³-hybridized carbons (Fsp3) is 0.455. The second-order valence-electron chi connectivity index (χ2n) is 4.79. The Morgan fingerprint density at radius 2 is 1.50 bits per heavy atom. The van der Waals surface area contributed by atoms with Crippen LogP contribution in [-0.2, 0) is 0 Å². The van der Waals surface area contributed by atoms with Crippen molar-refractivity contribution in [3.05, 3.63) is 30.3 Å². The number of hydrogen-bond acceptors (Lipinski definition) is 1. The van der Waals surface area contributed by atoms with Gasteiger partial charge in [-0.1, -0.05) is 50.9 Å². The largest absolute Gasteiger partial charge is 0.425 e. The van der Waals surface area contributed by atoms with Crippen LogP contribution < -0.4 is 4.23 Å². The first-order valence-electron chi connectivity index (χ1n) is 5.08. The van der Waals surface area contributed by atoms with Crippen LogP contribution in [0.1, 0.15) is 0 Å². The Morgan fingerprint density at radius 1 is 1.00 bits per heavy atom. The summed E-state index contributed by atoms with van der Waals surface area (Å²) in [5, 5.41) is 0. The van der Waals surface area contributed by atoms with Gasteiger partial charge in [-0.3, -0.25) is 0 Å². The molecule has 0 unspecified atom stereocenters. The number of benzene rings is 1. The lowest BCUT2D eigenvalue weighted by Gasteiger charge is -2.39. The van der Waals surface area contributed by atoms with Gasteiger partial charge in [-0.2, -0.15) is 0 Å². The molecule has 0 fully saturated rings. The quantitative estimate of drug-likeness (QED) is 0.707. The minimum absolute atomic E-state index is 0.388. The van der Waals surface area contributed by atoms with Gasteiger partial charge in [0.25, 0.3) is 0 Å². The van der Waals surface area contributed by atoms with Crippen molar-refractivity contribution in [2.75, 3.05) is 4.23 Å². The maximum absolute atomic E-state index is 2.68. The maximum atomic E-state index is 2.68. The zero-order valence-corrected chi connectivity index (χ0v) is 11.8. The molecule has 77 valence electrons. The fourth-order valence-corrected chi connectivity index (χ4v) is 8.85. The van der Waals surface area contributed by atoms with Gasteiger partial charge in [0.1, 0.15) is 8.24 Å². The lowest BCUT2D eigenvalue weighted by atomic mass is 10.3. The zero-order valence-electron chi connectivity index (χ0n) is 9.83. The van der Waals surface area contributed by atoms with Crippen LogP contribution in [0.2, 0.25) is 32.7 Å². The Labute approximate surface area is 90.5 Å². The maximum Gasteiger partial charge on any atom is 0.153 e. The van der Waals surface area contributed by atoms with Crippen LogP contribution in [0, 0.1) is 0 Å². The Morgan fingerprint density at radius 3 is 1.86 bits per heavy atom. The average molecular weight is 222 g/mol. The summed E-state index contributed by atoms with van der Waals surface area (Å²) < 4.78 is 2.68. The normalized spacial score (nSPS) is 11.9. The van der Waals surface area contributed by atoms with Crippen molar-refractivity contribution in [2.45, 2.75) is 32.7 Å². The Balaban J connectivity index is 3.02. The van der Waals surface area contributed by atoms with Gasteiger partial charge in [-0.05, 0) is 12.1 Å². The van der Waals surface area contributed by atoms with E-state index in [0.717, 1.165) is 0 Å². The second kappa shape index (κ2) is 4.32. The molecule has 0 amide bonds. The smallest absolute Gasteiger partial charge is 0.153 e. The molecule has 0 N–H and O–H groups in total. The van der Waals surface area contributed by atoms with E-state index in [1.54, 1.807) is 0 Å². The second-order valence-corrected chi connectivity index (χ2v) is 12.4. The molecule has 0 aliphatic rings. The van der Waals surface area contributed by atoms with Crippen LogP contribution in [-0.4, -0.2) is 17.2 Å². The van der Waals surface area contributed by atoms with E-state index < -0.39 is 8.24 Å². The summed E-state index contributed by atoms with van der Waals surface area (Å²) in [6, 6.07) is 10.8. The molecule has 0 aliphatic carbocycles. The van der Waals surface area contributed by atoms with E-state index >= 15 is 0 Å². The fourth-order valence-electron chi connectivity index (χ4n) is 1.89. The summed E-state index contributed by atoms with van der Waals surface area (Å²) in [4.78, 5) is 0. The topological polar surface area (TPSA) is 3.24 Å². The van der Waals surface area contributed by atoms with Gasteiger partial charge in [0.05, 0.1) is 0 Å². The summed E-state index contributed by atoms with van der Waals surface area (Å²) in [5.41, 5.74) is 1.41. The summed E-state index contributed by atoms with van der Waals surface area (Å²) in [6.45, 7) is 12.0. The highest BCUT2D eigenvalue weighted by Gasteiger charge is 2.26. The van der Waals surface area contributed by atoms with Crippen LogP contribution in [0.5, 0.6) is 0 Å². The van der Waals surface area contributed by atoms with Gasteiger partial charge in [0.2, 0.25) is 0 Å². The predicted molar refractivity (Wildman–Crippen MR) is 69.7 cm³/mol. The molecule has 0 bridgehead atoms. The molecule has 1 aromatic carbocycles. The van der Waals surface area contributed by atoms with Gasteiger partial charge in [-0.15, -0.1) is 0 Å². The molecule has 1 aromatic rings. The van der Waals surface area contributed by atoms with Crippen LogP contribution in [0.15, 0.2) is 30.3 Å². The van der Waals surface area contributed by atoms with E-state index in [-0.39, 0.29) is 8.96 Å². The number of nitrogens with zero attached hydrogens (tertiary/aromatic N) is 1. The molecule has 14 heavy (non-hydrogen) atoms. The average Bonchev–Trinajstić information content (AvgIpc) is 2.02. The third kappa shape index (κ3) is 2.72. The molecule has 0 aliphatic heterocycles. The van der Waals surface area contributed by atoms with Gasteiger partial charge < -0.3 is 4.23 Å². The van der Waals surface area contributed by atoms with Crippen molar-refractivity contribution in [3.63, 3.8) is 0 Å². The molecule has 1 nitrogen and oxygen atoms in total. The third-order valence-electron chi connectivity index (χ3n) is 2.13. The number of rotatable bonds is 3. The van der Waals surface area contributed by atoms with Gasteiger partial charge in [0, 0.05) is 5.69 Å². The third-order valence-corrected chi connectivity index (χ3v) is 8.24. The molecule has 3 heteroatoms. The molecule has 0 saturated carbocycles. The Hall–Kier alpha value is -0.546. The first-order valence-corrected chi connectivity index (χ1v) is 11.0. The zero-order chi connectivity index (χ0) is 10.8. The monoisotopic (exact) mass is 222 g/mol. The van der Waals surface area contributed by atoms with E-state index in [1.807, 2.05) is 0 Å². The van der Waals surface area contributed by atoms with Gasteiger partial charge >= 0.3 is 0 Å². The van der Waals surface area contributed by atoms with Gasteiger partial charge in [-0.25, -0.2) is 0 Å². The molecule has 0 heterocycles. The number of para-hydroxylation sites is 1. The summed E-state index contributed by atoms with van der Waals surface area (Å²) in [7, 11) is -1.60.